The summed E-state index contributed by atoms with van der Waals surface area (Å²) in [5.41, 5.74) is 2.73. The summed E-state index contributed by atoms with van der Waals surface area (Å²) in [6, 6.07) is 3.80. The summed E-state index contributed by atoms with van der Waals surface area (Å²) in [7, 11) is 0. The van der Waals surface area contributed by atoms with Crippen LogP contribution in [0.4, 0.5) is 5.69 Å². The van der Waals surface area contributed by atoms with Crippen LogP contribution in [0.15, 0.2) is 24.5 Å². The van der Waals surface area contributed by atoms with Gasteiger partial charge in [-0.15, -0.1) is 0 Å². The molecule has 1 aromatic heterocycles. The van der Waals surface area contributed by atoms with Gasteiger partial charge in [-0.25, -0.2) is 0 Å². The predicted molar refractivity (Wildman–Crippen MR) is 67.3 cm³/mol. The Labute approximate surface area is 99.0 Å². The molecule has 4 nitrogen and oxygen atoms in total. The van der Waals surface area contributed by atoms with Gasteiger partial charge in [-0.3, -0.25) is 9.78 Å². The fraction of sp³-hybridized carbons (Fsp3) is 0.231. The standard InChI is InChI=1S/C13H13N3O/c1-8-6-14-7-9-2-3-10-12(11(8)9)15-4-5-16-13(10)17/h2-3,6-7,15H,4-5H2,1H3,(H,16,17). The lowest BCUT2D eigenvalue weighted by molar-refractivity contribution is 0.0958. The maximum absolute atomic E-state index is 11.9. The molecule has 0 saturated heterocycles. The second-order valence-electron chi connectivity index (χ2n) is 4.23. The first-order valence-electron chi connectivity index (χ1n) is 5.67. The van der Waals surface area contributed by atoms with Crippen LogP contribution in [0.3, 0.4) is 0 Å². The van der Waals surface area contributed by atoms with E-state index in [-0.39, 0.29) is 5.91 Å². The van der Waals surface area contributed by atoms with Crippen LogP contribution >= 0.6 is 0 Å². The number of nitrogens with zero attached hydrogens (tertiary/aromatic N) is 1. The zero-order valence-corrected chi connectivity index (χ0v) is 9.58. The van der Waals surface area contributed by atoms with Crippen molar-refractivity contribution < 1.29 is 4.79 Å². The smallest absolute Gasteiger partial charge is 0.253 e. The van der Waals surface area contributed by atoms with E-state index < -0.39 is 0 Å². The molecular formula is C13H13N3O. The minimum Gasteiger partial charge on any atom is -0.382 e. The van der Waals surface area contributed by atoms with E-state index in [2.05, 4.69) is 15.6 Å². The Morgan fingerprint density at radius 1 is 1.18 bits per heavy atom. The SMILES string of the molecule is Cc1cncc2ccc3c(c12)NCCNC3=O. The van der Waals surface area contributed by atoms with Crippen LogP contribution in [-0.4, -0.2) is 24.0 Å². The van der Waals surface area contributed by atoms with E-state index in [1.807, 2.05) is 31.5 Å². The van der Waals surface area contributed by atoms with E-state index in [1.165, 1.54) is 0 Å². The molecule has 2 heterocycles. The molecule has 1 aromatic carbocycles. The monoisotopic (exact) mass is 227 g/mol. The first-order valence-corrected chi connectivity index (χ1v) is 5.67. The van der Waals surface area contributed by atoms with Gasteiger partial charge in [0.2, 0.25) is 0 Å². The van der Waals surface area contributed by atoms with Gasteiger partial charge in [-0.2, -0.15) is 0 Å². The van der Waals surface area contributed by atoms with Crippen molar-refractivity contribution in [2.45, 2.75) is 6.92 Å². The largest absolute Gasteiger partial charge is 0.382 e. The Hall–Kier alpha value is -2.10. The van der Waals surface area contributed by atoms with Crippen molar-refractivity contribution in [1.29, 1.82) is 0 Å². The molecule has 0 unspecified atom stereocenters. The van der Waals surface area contributed by atoms with Crippen LogP contribution in [-0.2, 0) is 0 Å². The number of fused-ring (bicyclic) bond motifs is 3. The summed E-state index contributed by atoms with van der Waals surface area (Å²) in [6.07, 6.45) is 3.65. The normalized spacial score (nSPS) is 14.8. The number of hydrogen-bond acceptors (Lipinski definition) is 3. The van der Waals surface area contributed by atoms with Crippen molar-refractivity contribution in [3.05, 3.63) is 35.7 Å². The van der Waals surface area contributed by atoms with Crippen molar-refractivity contribution in [2.24, 2.45) is 0 Å². The highest BCUT2D eigenvalue weighted by atomic mass is 16.1. The number of carbonyl (C=O) groups excluding carboxylic acids is 1. The molecule has 0 fully saturated rings. The lowest BCUT2D eigenvalue weighted by atomic mass is 10.0. The predicted octanol–water partition coefficient (Wildman–Crippen LogP) is 1.70. The Bertz CT molecular complexity index is 607. The number of benzene rings is 1. The van der Waals surface area contributed by atoms with E-state index in [4.69, 9.17) is 0 Å². The third-order valence-corrected chi connectivity index (χ3v) is 3.07. The molecule has 0 atom stereocenters. The van der Waals surface area contributed by atoms with Crippen molar-refractivity contribution in [3.63, 3.8) is 0 Å². The molecule has 0 aliphatic carbocycles. The summed E-state index contributed by atoms with van der Waals surface area (Å²) < 4.78 is 0. The van der Waals surface area contributed by atoms with Gasteiger partial charge in [0.05, 0.1) is 11.3 Å². The zero-order valence-electron chi connectivity index (χ0n) is 9.58. The summed E-state index contributed by atoms with van der Waals surface area (Å²) in [5.74, 6) is -0.0110. The molecule has 3 rings (SSSR count). The molecule has 0 bridgehead atoms. The second kappa shape index (κ2) is 3.73. The maximum Gasteiger partial charge on any atom is 0.253 e. The molecule has 0 spiro atoms. The molecule has 1 aliphatic heterocycles. The zero-order chi connectivity index (χ0) is 11.8. The van der Waals surface area contributed by atoms with E-state index in [0.717, 1.165) is 28.6 Å². The summed E-state index contributed by atoms with van der Waals surface area (Å²) >= 11 is 0. The third-order valence-electron chi connectivity index (χ3n) is 3.07. The van der Waals surface area contributed by atoms with Gasteiger partial charge in [0.15, 0.2) is 0 Å². The number of carbonyl (C=O) groups is 1. The topological polar surface area (TPSA) is 54.0 Å². The van der Waals surface area contributed by atoms with Gasteiger partial charge in [-0.05, 0) is 18.6 Å². The van der Waals surface area contributed by atoms with Crippen molar-refractivity contribution in [1.82, 2.24) is 10.3 Å². The molecule has 1 aliphatic rings. The van der Waals surface area contributed by atoms with Gasteiger partial charge in [0, 0.05) is 36.3 Å². The third kappa shape index (κ3) is 1.53. The Kier molecular flexibility index (Phi) is 2.21. The number of nitrogens with one attached hydrogen (secondary N) is 2. The number of pyridine rings is 1. The molecule has 17 heavy (non-hydrogen) atoms. The number of rotatable bonds is 0. The van der Waals surface area contributed by atoms with Crippen LogP contribution in [0.1, 0.15) is 15.9 Å². The highest BCUT2D eigenvalue weighted by Gasteiger charge is 2.17. The molecule has 0 saturated carbocycles. The fourth-order valence-corrected chi connectivity index (χ4v) is 2.28. The lowest BCUT2D eigenvalue weighted by Gasteiger charge is -2.11. The molecular weight excluding hydrogens is 214 g/mol. The van der Waals surface area contributed by atoms with Crippen LogP contribution in [0.2, 0.25) is 0 Å². The molecule has 2 aromatic rings. The van der Waals surface area contributed by atoms with Crippen LogP contribution in [0.5, 0.6) is 0 Å². The van der Waals surface area contributed by atoms with Gasteiger partial charge < -0.3 is 10.6 Å². The van der Waals surface area contributed by atoms with Crippen LogP contribution in [0, 0.1) is 6.92 Å². The number of anilines is 1. The molecule has 0 radical (unpaired) electrons. The number of amides is 1. The minimum absolute atomic E-state index is 0.0110. The average Bonchev–Trinajstić information content (AvgIpc) is 2.52. The van der Waals surface area contributed by atoms with E-state index in [9.17, 15) is 4.79 Å². The summed E-state index contributed by atoms with van der Waals surface area (Å²) in [4.78, 5) is 16.1. The molecule has 86 valence electrons. The summed E-state index contributed by atoms with van der Waals surface area (Å²) in [5, 5.41) is 8.35. The molecule has 1 amide bonds. The Balaban J connectivity index is 2.37. The van der Waals surface area contributed by atoms with Crippen molar-refractivity contribution in [3.8, 4) is 0 Å². The number of aryl methyl sites for hydroxylation is 1. The minimum atomic E-state index is -0.0110. The van der Waals surface area contributed by atoms with Gasteiger partial charge in [-0.1, -0.05) is 6.07 Å². The molecule has 4 heteroatoms. The maximum atomic E-state index is 11.9. The fourth-order valence-electron chi connectivity index (χ4n) is 2.28. The number of aromatic nitrogens is 1. The van der Waals surface area contributed by atoms with Gasteiger partial charge >= 0.3 is 0 Å². The van der Waals surface area contributed by atoms with Crippen molar-refractivity contribution in [2.75, 3.05) is 18.4 Å². The molecule has 2 N–H and O–H groups in total. The van der Waals surface area contributed by atoms with Crippen molar-refractivity contribution >= 4 is 22.4 Å². The Morgan fingerprint density at radius 2 is 2.00 bits per heavy atom. The number of hydrogen-bond donors (Lipinski definition) is 2. The Morgan fingerprint density at radius 3 is 2.88 bits per heavy atom. The van der Waals surface area contributed by atoms with Gasteiger partial charge in [0.1, 0.15) is 0 Å². The average molecular weight is 227 g/mol. The van der Waals surface area contributed by atoms with E-state index >= 15 is 0 Å². The van der Waals surface area contributed by atoms with Crippen LogP contribution < -0.4 is 10.6 Å². The summed E-state index contributed by atoms with van der Waals surface area (Å²) in [6.45, 7) is 3.42. The lowest BCUT2D eigenvalue weighted by Crippen LogP contribution is -2.24. The van der Waals surface area contributed by atoms with Crippen LogP contribution in [0.25, 0.3) is 10.8 Å². The quantitative estimate of drug-likeness (QED) is 0.720. The van der Waals surface area contributed by atoms with Gasteiger partial charge in [0.25, 0.3) is 5.91 Å². The van der Waals surface area contributed by atoms with E-state index in [0.29, 0.717) is 12.1 Å². The highest BCUT2D eigenvalue weighted by Crippen LogP contribution is 2.30. The van der Waals surface area contributed by atoms with E-state index in [1.54, 1.807) is 0 Å². The first-order chi connectivity index (χ1) is 8.27. The first kappa shape index (κ1) is 10.1. The second-order valence-corrected chi connectivity index (χ2v) is 4.23. The highest BCUT2D eigenvalue weighted by molar-refractivity contribution is 6.09.